The number of rotatable bonds is 5. The molecule has 0 unspecified atom stereocenters. The standard InChI is InChI=1S/C22H28N4O3/c1-14(2)20-19(15(3)24-29-20)21(27)23-17-6-8-18(9-7-17)25-10-12-26(13-11-25)22(28)16-4-5-16/h6-9,14,16H,4-5,10-13H2,1-3H3,(H,23,27). The van der Waals surface area contributed by atoms with Crippen LogP contribution in [0.4, 0.5) is 11.4 Å². The summed E-state index contributed by atoms with van der Waals surface area (Å²) < 4.78 is 5.31. The molecule has 4 rings (SSSR count). The first-order valence-electron chi connectivity index (χ1n) is 10.4. The number of carbonyl (C=O) groups excluding carboxylic acids is 2. The first-order chi connectivity index (χ1) is 13.9. The van der Waals surface area contributed by atoms with Crippen LogP contribution in [0, 0.1) is 12.8 Å². The summed E-state index contributed by atoms with van der Waals surface area (Å²) in [7, 11) is 0. The summed E-state index contributed by atoms with van der Waals surface area (Å²) in [4.78, 5) is 29.2. The van der Waals surface area contributed by atoms with Crippen molar-refractivity contribution in [2.75, 3.05) is 36.4 Å². The lowest BCUT2D eigenvalue weighted by atomic mass is 10.0. The number of hydrogen-bond acceptors (Lipinski definition) is 5. The SMILES string of the molecule is Cc1noc(C(C)C)c1C(=O)Nc1ccc(N2CCN(C(=O)C3CC3)CC2)cc1. The zero-order valence-electron chi connectivity index (χ0n) is 17.3. The van der Waals surface area contributed by atoms with E-state index in [1.807, 2.05) is 43.0 Å². The van der Waals surface area contributed by atoms with Crippen LogP contribution in [0.25, 0.3) is 0 Å². The lowest BCUT2D eigenvalue weighted by Gasteiger charge is -2.36. The molecule has 7 nitrogen and oxygen atoms in total. The molecule has 1 N–H and O–H groups in total. The summed E-state index contributed by atoms with van der Waals surface area (Å²) in [5.74, 6) is 1.11. The fourth-order valence-corrected chi connectivity index (χ4v) is 3.78. The summed E-state index contributed by atoms with van der Waals surface area (Å²) >= 11 is 0. The lowest BCUT2D eigenvalue weighted by Crippen LogP contribution is -2.49. The summed E-state index contributed by atoms with van der Waals surface area (Å²) in [6.07, 6.45) is 2.11. The van der Waals surface area contributed by atoms with Gasteiger partial charge in [0, 0.05) is 49.4 Å². The third-order valence-electron chi connectivity index (χ3n) is 5.65. The smallest absolute Gasteiger partial charge is 0.261 e. The largest absolute Gasteiger partial charge is 0.368 e. The van der Waals surface area contributed by atoms with E-state index in [1.54, 1.807) is 6.92 Å². The van der Waals surface area contributed by atoms with E-state index in [-0.39, 0.29) is 17.7 Å². The second-order valence-corrected chi connectivity index (χ2v) is 8.25. The number of carbonyl (C=O) groups is 2. The molecular formula is C22H28N4O3. The minimum atomic E-state index is -0.201. The maximum Gasteiger partial charge on any atom is 0.261 e. The highest BCUT2D eigenvalue weighted by Gasteiger charge is 2.34. The van der Waals surface area contributed by atoms with Gasteiger partial charge >= 0.3 is 0 Å². The number of amides is 2. The molecular weight excluding hydrogens is 368 g/mol. The van der Waals surface area contributed by atoms with Gasteiger partial charge in [-0.05, 0) is 44.0 Å². The Balaban J connectivity index is 1.37. The zero-order chi connectivity index (χ0) is 20.5. The average molecular weight is 396 g/mol. The Bertz CT molecular complexity index is 891. The van der Waals surface area contributed by atoms with Crippen LogP contribution < -0.4 is 10.2 Å². The van der Waals surface area contributed by atoms with Crippen LogP contribution in [-0.2, 0) is 4.79 Å². The van der Waals surface area contributed by atoms with Crippen molar-refractivity contribution in [2.24, 2.45) is 5.92 Å². The van der Waals surface area contributed by atoms with Crippen molar-refractivity contribution in [2.45, 2.75) is 39.5 Å². The first-order valence-corrected chi connectivity index (χ1v) is 10.4. The molecule has 1 aromatic carbocycles. The molecule has 0 spiro atoms. The van der Waals surface area contributed by atoms with Gasteiger partial charge in [-0.1, -0.05) is 19.0 Å². The quantitative estimate of drug-likeness (QED) is 0.838. The molecule has 1 aliphatic carbocycles. The van der Waals surface area contributed by atoms with E-state index in [0.717, 1.165) is 50.4 Å². The summed E-state index contributed by atoms with van der Waals surface area (Å²) in [5, 5.41) is 6.88. The van der Waals surface area contributed by atoms with Crippen LogP contribution in [0.15, 0.2) is 28.8 Å². The van der Waals surface area contributed by atoms with E-state index in [1.165, 1.54) is 0 Å². The highest BCUT2D eigenvalue weighted by atomic mass is 16.5. The van der Waals surface area contributed by atoms with Crippen LogP contribution in [0.1, 0.15) is 54.4 Å². The monoisotopic (exact) mass is 396 g/mol. The van der Waals surface area contributed by atoms with E-state index in [0.29, 0.717) is 22.9 Å². The fraction of sp³-hybridized carbons (Fsp3) is 0.500. The van der Waals surface area contributed by atoms with Gasteiger partial charge in [-0.3, -0.25) is 9.59 Å². The van der Waals surface area contributed by atoms with Crippen molar-refractivity contribution in [3.63, 3.8) is 0 Å². The second-order valence-electron chi connectivity index (χ2n) is 8.25. The topological polar surface area (TPSA) is 78.7 Å². The van der Waals surface area contributed by atoms with Crippen LogP contribution in [0.5, 0.6) is 0 Å². The number of hydrogen-bond donors (Lipinski definition) is 1. The molecule has 29 heavy (non-hydrogen) atoms. The van der Waals surface area contributed by atoms with Gasteiger partial charge in [0.1, 0.15) is 5.56 Å². The highest BCUT2D eigenvalue weighted by Crippen LogP contribution is 2.31. The average Bonchev–Trinajstić information content (AvgIpc) is 3.49. The maximum absolute atomic E-state index is 12.7. The highest BCUT2D eigenvalue weighted by molar-refractivity contribution is 6.05. The van der Waals surface area contributed by atoms with Gasteiger partial charge in [-0.15, -0.1) is 0 Å². The van der Waals surface area contributed by atoms with E-state index in [2.05, 4.69) is 15.4 Å². The predicted molar refractivity (Wildman–Crippen MR) is 111 cm³/mol. The molecule has 7 heteroatoms. The summed E-state index contributed by atoms with van der Waals surface area (Å²) in [6.45, 7) is 8.95. The number of nitrogens with zero attached hydrogens (tertiary/aromatic N) is 3. The van der Waals surface area contributed by atoms with Crippen molar-refractivity contribution < 1.29 is 14.1 Å². The van der Waals surface area contributed by atoms with Crippen LogP contribution in [0.2, 0.25) is 0 Å². The number of piperazine rings is 1. The molecule has 1 saturated carbocycles. The molecule has 2 aromatic rings. The molecule has 2 heterocycles. The number of anilines is 2. The summed E-state index contributed by atoms with van der Waals surface area (Å²) in [5.41, 5.74) is 2.95. The van der Waals surface area contributed by atoms with E-state index in [9.17, 15) is 9.59 Å². The van der Waals surface area contributed by atoms with Gasteiger partial charge < -0.3 is 19.6 Å². The van der Waals surface area contributed by atoms with Crippen molar-refractivity contribution >= 4 is 23.2 Å². The van der Waals surface area contributed by atoms with E-state index < -0.39 is 0 Å². The predicted octanol–water partition coefficient (Wildman–Crippen LogP) is 3.42. The van der Waals surface area contributed by atoms with Gasteiger partial charge in [-0.25, -0.2) is 0 Å². The van der Waals surface area contributed by atoms with Crippen molar-refractivity contribution in [1.82, 2.24) is 10.1 Å². The Labute approximate surface area is 171 Å². The van der Waals surface area contributed by atoms with Gasteiger partial charge in [0.15, 0.2) is 5.76 Å². The Kier molecular flexibility index (Phi) is 5.30. The van der Waals surface area contributed by atoms with Gasteiger partial charge in [0.05, 0.1) is 5.69 Å². The van der Waals surface area contributed by atoms with Crippen LogP contribution in [-0.4, -0.2) is 48.0 Å². The first kappa shape index (κ1) is 19.5. The molecule has 2 amide bonds. The zero-order valence-corrected chi connectivity index (χ0v) is 17.3. The molecule has 1 aromatic heterocycles. The van der Waals surface area contributed by atoms with Crippen molar-refractivity contribution in [3.05, 3.63) is 41.3 Å². The van der Waals surface area contributed by atoms with Crippen molar-refractivity contribution in [1.29, 1.82) is 0 Å². The maximum atomic E-state index is 12.7. The third-order valence-corrected chi connectivity index (χ3v) is 5.65. The fourth-order valence-electron chi connectivity index (χ4n) is 3.78. The number of aromatic nitrogens is 1. The van der Waals surface area contributed by atoms with Gasteiger partial charge in [0.25, 0.3) is 5.91 Å². The molecule has 2 fully saturated rings. The molecule has 1 saturated heterocycles. The Hall–Kier alpha value is -2.83. The number of benzene rings is 1. The Morgan fingerprint density at radius 2 is 1.76 bits per heavy atom. The normalized spacial score (nSPS) is 17.0. The minimum Gasteiger partial charge on any atom is -0.368 e. The number of aryl methyl sites for hydroxylation is 1. The van der Waals surface area contributed by atoms with Gasteiger partial charge in [0.2, 0.25) is 5.91 Å². The second kappa shape index (κ2) is 7.89. The van der Waals surface area contributed by atoms with Crippen molar-refractivity contribution in [3.8, 4) is 0 Å². The van der Waals surface area contributed by atoms with Crippen LogP contribution in [0.3, 0.4) is 0 Å². The number of nitrogens with one attached hydrogen (secondary N) is 1. The summed E-state index contributed by atoms with van der Waals surface area (Å²) in [6, 6.07) is 7.84. The molecule has 0 atom stereocenters. The van der Waals surface area contributed by atoms with E-state index in [4.69, 9.17) is 4.52 Å². The Morgan fingerprint density at radius 1 is 1.10 bits per heavy atom. The third kappa shape index (κ3) is 4.13. The molecule has 154 valence electrons. The minimum absolute atomic E-state index is 0.0878. The molecule has 1 aliphatic heterocycles. The molecule has 0 radical (unpaired) electrons. The molecule has 2 aliphatic rings. The van der Waals surface area contributed by atoms with Gasteiger partial charge in [-0.2, -0.15) is 0 Å². The molecule has 0 bridgehead atoms. The lowest BCUT2D eigenvalue weighted by molar-refractivity contribution is -0.132. The Morgan fingerprint density at radius 3 is 2.34 bits per heavy atom. The van der Waals surface area contributed by atoms with Crippen LogP contribution >= 0.6 is 0 Å². The van der Waals surface area contributed by atoms with E-state index >= 15 is 0 Å².